The summed E-state index contributed by atoms with van der Waals surface area (Å²) in [6.07, 6.45) is 5.45. The number of methoxy groups -OCH3 is 1. The maximum atomic E-state index is 11.8. The number of rotatable bonds is 1. The van der Waals surface area contributed by atoms with Crippen LogP contribution in [0.25, 0.3) is 0 Å². The van der Waals surface area contributed by atoms with Gasteiger partial charge in [0.15, 0.2) is 0 Å². The van der Waals surface area contributed by atoms with Crippen molar-refractivity contribution in [3.8, 4) is 0 Å². The van der Waals surface area contributed by atoms with E-state index in [-0.39, 0.29) is 23.7 Å². The summed E-state index contributed by atoms with van der Waals surface area (Å²) in [4.78, 5) is 23.4. The molecule has 15 heavy (non-hydrogen) atoms. The van der Waals surface area contributed by atoms with Crippen molar-refractivity contribution in [1.82, 2.24) is 0 Å². The van der Waals surface area contributed by atoms with Gasteiger partial charge in [-0.1, -0.05) is 6.42 Å². The average Bonchev–Trinajstić information content (AvgIpc) is 2.66. The van der Waals surface area contributed by atoms with E-state index >= 15 is 0 Å². The Kier molecular flexibility index (Phi) is 3.08. The molecule has 0 heterocycles. The number of Topliss-reactive ketones (excluding diaryl/α,β-unsaturated/α-hetero) is 1. The zero-order valence-electron chi connectivity index (χ0n) is 9.20. The summed E-state index contributed by atoms with van der Waals surface area (Å²) in [7, 11) is 1.44. The second kappa shape index (κ2) is 4.33. The molecule has 0 N–H and O–H groups in total. The van der Waals surface area contributed by atoms with E-state index in [1.54, 1.807) is 0 Å². The van der Waals surface area contributed by atoms with E-state index in [0.29, 0.717) is 12.2 Å². The van der Waals surface area contributed by atoms with Crippen LogP contribution in [0, 0.1) is 17.8 Å². The van der Waals surface area contributed by atoms with Gasteiger partial charge in [-0.2, -0.15) is 0 Å². The summed E-state index contributed by atoms with van der Waals surface area (Å²) < 4.78 is 4.84. The second-order valence-electron chi connectivity index (χ2n) is 4.69. The highest BCUT2D eigenvalue weighted by molar-refractivity contribution is 5.83. The highest BCUT2D eigenvalue weighted by Crippen LogP contribution is 2.42. The molecule has 2 rings (SSSR count). The van der Waals surface area contributed by atoms with Crippen molar-refractivity contribution in [2.45, 2.75) is 38.5 Å². The van der Waals surface area contributed by atoms with Crippen LogP contribution in [0.2, 0.25) is 0 Å². The molecule has 0 spiro atoms. The van der Waals surface area contributed by atoms with Gasteiger partial charge in [-0.3, -0.25) is 9.59 Å². The lowest BCUT2D eigenvalue weighted by molar-refractivity contribution is -0.148. The van der Waals surface area contributed by atoms with Crippen molar-refractivity contribution in [1.29, 1.82) is 0 Å². The van der Waals surface area contributed by atoms with Gasteiger partial charge in [0.1, 0.15) is 5.78 Å². The Morgan fingerprint density at radius 2 is 2.07 bits per heavy atom. The van der Waals surface area contributed by atoms with E-state index in [0.717, 1.165) is 32.1 Å². The molecule has 3 nitrogen and oxygen atoms in total. The number of esters is 1. The van der Waals surface area contributed by atoms with Gasteiger partial charge in [0.25, 0.3) is 0 Å². The fourth-order valence-corrected chi connectivity index (χ4v) is 3.21. The molecule has 3 heteroatoms. The molecule has 0 bridgehead atoms. The quantitative estimate of drug-likeness (QED) is 0.621. The maximum Gasteiger partial charge on any atom is 0.308 e. The molecular formula is C12H18O3. The first kappa shape index (κ1) is 10.7. The van der Waals surface area contributed by atoms with E-state index < -0.39 is 0 Å². The normalized spacial score (nSPS) is 35.8. The largest absolute Gasteiger partial charge is 0.469 e. The van der Waals surface area contributed by atoms with Gasteiger partial charge in [-0.05, 0) is 31.6 Å². The molecule has 0 aliphatic heterocycles. The molecular weight excluding hydrogens is 192 g/mol. The monoisotopic (exact) mass is 210 g/mol. The van der Waals surface area contributed by atoms with Crippen LogP contribution in [0.4, 0.5) is 0 Å². The first-order chi connectivity index (χ1) is 7.24. The van der Waals surface area contributed by atoms with Crippen LogP contribution in [-0.2, 0) is 14.3 Å². The first-order valence-corrected chi connectivity index (χ1v) is 5.84. The van der Waals surface area contributed by atoms with Crippen LogP contribution in [0.5, 0.6) is 0 Å². The smallest absolute Gasteiger partial charge is 0.308 e. The zero-order chi connectivity index (χ0) is 10.8. The van der Waals surface area contributed by atoms with Gasteiger partial charge in [-0.25, -0.2) is 0 Å². The number of fused-ring (bicyclic) bond motifs is 1. The van der Waals surface area contributed by atoms with Crippen molar-refractivity contribution in [2.75, 3.05) is 7.11 Å². The Hall–Kier alpha value is -0.860. The molecule has 0 radical (unpaired) electrons. The van der Waals surface area contributed by atoms with Gasteiger partial charge in [0, 0.05) is 12.3 Å². The summed E-state index contributed by atoms with van der Waals surface area (Å²) in [5.41, 5.74) is 0. The van der Waals surface area contributed by atoms with Crippen molar-refractivity contribution in [3.63, 3.8) is 0 Å². The number of ether oxygens (including phenoxy) is 1. The standard InChI is InChI=1S/C12H18O3/c1-15-12(14)10-6-3-7-11(13)9-5-2-4-8(9)10/h8-10H,2-7H2,1H3. The van der Waals surface area contributed by atoms with Crippen molar-refractivity contribution >= 4 is 11.8 Å². The highest BCUT2D eigenvalue weighted by Gasteiger charge is 2.42. The Bertz CT molecular complexity index is 272. The average molecular weight is 210 g/mol. The molecule has 0 aromatic rings. The summed E-state index contributed by atoms with van der Waals surface area (Å²) in [6.45, 7) is 0. The minimum atomic E-state index is -0.110. The molecule has 2 aliphatic carbocycles. The second-order valence-corrected chi connectivity index (χ2v) is 4.69. The Morgan fingerprint density at radius 3 is 2.80 bits per heavy atom. The molecule has 0 aromatic carbocycles. The van der Waals surface area contributed by atoms with E-state index in [1.807, 2.05) is 0 Å². The maximum absolute atomic E-state index is 11.8. The minimum Gasteiger partial charge on any atom is -0.469 e. The highest BCUT2D eigenvalue weighted by atomic mass is 16.5. The number of hydrogen-bond acceptors (Lipinski definition) is 3. The van der Waals surface area contributed by atoms with Crippen LogP contribution < -0.4 is 0 Å². The third kappa shape index (κ3) is 1.92. The Labute approximate surface area is 90.2 Å². The van der Waals surface area contributed by atoms with Gasteiger partial charge in [0.05, 0.1) is 13.0 Å². The first-order valence-electron chi connectivity index (χ1n) is 5.84. The van der Waals surface area contributed by atoms with Gasteiger partial charge in [0.2, 0.25) is 0 Å². The molecule has 0 amide bonds. The van der Waals surface area contributed by atoms with Crippen LogP contribution in [0.3, 0.4) is 0 Å². The topological polar surface area (TPSA) is 43.4 Å². The van der Waals surface area contributed by atoms with E-state index in [4.69, 9.17) is 4.74 Å². The molecule has 3 unspecified atom stereocenters. The number of hydrogen-bond donors (Lipinski definition) is 0. The molecule has 2 aliphatic rings. The van der Waals surface area contributed by atoms with E-state index in [9.17, 15) is 9.59 Å². The van der Waals surface area contributed by atoms with Crippen LogP contribution in [0.1, 0.15) is 38.5 Å². The fourth-order valence-electron chi connectivity index (χ4n) is 3.21. The molecule has 3 atom stereocenters. The lowest BCUT2D eigenvalue weighted by Crippen LogP contribution is -2.28. The van der Waals surface area contributed by atoms with Crippen LogP contribution in [-0.4, -0.2) is 18.9 Å². The summed E-state index contributed by atoms with van der Waals surface area (Å²) >= 11 is 0. The van der Waals surface area contributed by atoms with Crippen molar-refractivity contribution in [3.05, 3.63) is 0 Å². The van der Waals surface area contributed by atoms with Gasteiger partial charge >= 0.3 is 5.97 Å². The lowest BCUT2D eigenvalue weighted by atomic mass is 9.82. The van der Waals surface area contributed by atoms with Crippen LogP contribution >= 0.6 is 0 Å². The molecule has 84 valence electrons. The Balaban J connectivity index is 2.17. The number of carbonyl (C=O) groups is 2. The molecule has 2 fully saturated rings. The summed E-state index contributed by atoms with van der Waals surface area (Å²) in [5.74, 6) is 0.670. The van der Waals surface area contributed by atoms with E-state index in [2.05, 4.69) is 0 Å². The van der Waals surface area contributed by atoms with E-state index in [1.165, 1.54) is 7.11 Å². The van der Waals surface area contributed by atoms with Crippen molar-refractivity contribution < 1.29 is 14.3 Å². The van der Waals surface area contributed by atoms with Gasteiger partial charge in [-0.15, -0.1) is 0 Å². The van der Waals surface area contributed by atoms with Crippen molar-refractivity contribution in [2.24, 2.45) is 17.8 Å². The zero-order valence-corrected chi connectivity index (χ0v) is 9.20. The Morgan fingerprint density at radius 1 is 1.27 bits per heavy atom. The molecule has 2 saturated carbocycles. The molecule has 0 aromatic heterocycles. The fraction of sp³-hybridized carbons (Fsp3) is 0.833. The summed E-state index contributed by atoms with van der Waals surface area (Å²) in [5, 5.41) is 0. The third-order valence-corrected chi connectivity index (χ3v) is 3.94. The lowest BCUT2D eigenvalue weighted by Gasteiger charge is -2.22. The third-order valence-electron chi connectivity index (χ3n) is 3.94. The number of ketones is 1. The summed E-state index contributed by atoms with van der Waals surface area (Å²) in [6, 6.07) is 0. The van der Waals surface area contributed by atoms with Crippen LogP contribution in [0.15, 0.2) is 0 Å². The predicted molar refractivity (Wildman–Crippen MR) is 55.2 cm³/mol. The van der Waals surface area contributed by atoms with Gasteiger partial charge < -0.3 is 4.74 Å². The minimum absolute atomic E-state index is 0.0195. The number of carbonyl (C=O) groups excluding carboxylic acids is 2. The SMILES string of the molecule is COC(=O)C1CCCC(=O)C2CCCC21. The predicted octanol–water partition coefficient (Wildman–Crippen LogP) is 1.94. The molecule has 0 saturated heterocycles.